The Kier molecular flexibility index (Phi) is 4.77. The first-order valence-electron chi connectivity index (χ1n) is 7.29. The summed E-state index contributed by atoms with van der Waals surface area (Å²) in [5, 5.41) is 7.84. The predicted molar refractivity (Wildman–Crippen MR) is 79.6 cm³/mol. The van der Waals surface area contributed by atoms with Crippen LogP contribution in [0.4, 0.5) is 5.95 Å². The molecule has 19 heavy (non-hydrogen) atoms. The summed E-state index contributed by atoms with van der Waals surface area (Å²) >= 11 is 0. The van der Waals surface area contributed by atoms with Crippen LogP contribution in [0.3, 0.4) is 0 Å². The highest BCUT2D eigenvalue weighted by Gasteiger charge is 2.08. The monoisotopic (exact) mass is 260 g/mol. The number of nitrogens with one attached hydrogen (secondary N) is 1. The zero-order valence-corrected chi connectivity index (χ0v) is 12.2. The minimum absolute atomic E-state index is 0.426. The molecule has 0 fully saturated rings. The molecular formula is C15H24N4. The van der Waals surface area contributed by atoms with E-state index in [1.54, 1.807) is 0 Å². The molecule has 0 saturated heterocycles. The Morgan fingerprint density at radius 1 is 1.32 bits per heavy atom. The molecule has 4 heteroatoms. The molecule has 104 valence electrons. The third kappa shape index (κ3) is 3.69. The first-order valence-corrected chi connectivity index (χ1v) is 7.29. The lowest BCUT2D eigenvalue weighted by atomic mass is 10.1. The van der Waals surface area contributed by atoms with E-state index < -0.39 is 0 Å². The van der Waals surface area contributed by atoms with Crippen LogP contribution in [0, 0.1) is 6.92 Å². The van der Waals surface area contributed by atoms with Gasteiger partial charge in [-0.15, -0.1) is 5.10 Å². The Balaban J connectivity index is 1.92. The number of fused-ring (bicyclic) bond motifs is 1. The fourth-order valence-corrected chi connectivity index (χ4v) is 2.27. The van der Waals surface area contributed by atoms with Gasteiger partial charge in [-0.3, -0.25) is 0 Å². The van der Waals surface area contributed by atoms with Crippen molar-refractivity contribution in [3.63, 3.8) is 0 Å². The number of rotatable bonds is 7. The van der Waals surface area contributed by atoms with E-state index in [0.29, 0.717) is 6.04 Å². The van der Waals surface area contributed by atoms with Gasteiger partial charge in [0.15, 0.2) is 5.65 Å². The molecule has 1 unspecified atom stereocenters. The van der Waals surface area contributed by atoms with E-state index in [0.717, 1.165) is 17.2 Å². The maximum absolute atomic E-state index is 4.54. The van der Waals surface area contributed by atoms with Gasteiger partial charge in [0.05, 0.1) is 0 Å². The summed E-state index contributed by atoms with van der Waals surface area (Å²) in [6.45, 7) is 6.50. The number of aromatic nitrogens is 3. The molecule has 0 saturated carbocycles. The van der Waals surface area contributed by atoms with Crippen molar-refractivity contribution in [3.05, 3.63) is 23.9 Å². The molecule has 1 atom stereocenters. The van der Waals surface area contributed by atoms with Crippen LogP contribution >= 0.6 is 0 Å². The first kappa shape index (κ1) is 13.8. The summed E-state index contributed by atoms with van der Waals surface area (Å²) in [6.07, 6.45) is 8.32. The van der Waals surface area contributed by atoms with Crippen molar-refractivity contribution in [2.75, 3.05) is 5.32 Å². The van der Waals surface area contributed by atoms with Gasteiger partial charge in [0, 0.05) is 12.2 Å². The number of aryl methyl sites for hydroxylation is 1. The molecular weight excluding hydrogens is 236 g/mol. The van der Waals surface area contributed by atoms with E-state index in [1.807, 2.05) is 16.8 Å². The molecule has 2 heterocycles. The Labute approximate surface area is 115 Å². The van der Waals surface area contributed by atoms with Crippen molar-refractivity contribution >= 4 is 11.6 Å². The molecule has 0 radical (unpaired) electrons. The Morgan fingerprint density at radius 3 is 2.89 bits per heavy atom. The molecule has 0 aromatic carbocycles. The highest BCUT2D eigenvalue weighted by molar-refractivity contribution is 5.49. The summed E-state index contributed by atoms with van der Waals surface area (Å²) in [7, 11) is 0. The second-order valence-corrected chi connectivity index (χ2v) is 5.29. The smallest absolute Gasteiger partial charge is 0.243 e. The van der Waals surface area contributed by atoms with Crippen LogP contribution in [0.5, 0.6) is 0 Å². The molecule has 0 aliphatic heterocycles. The maximum Gasteiger partial charge on any atom is 0.243 e. The predicted octanol–water partition coefficient (Wildman–Crippen LogP) is 3.81. The summed E-state index contributed by atoms with van der Waals surface area (Å²) in [5.74, 6) is 0.734. The third-order valence-electron chi connectivity index (χ3n) is 3.42. The topological polar surface area (TPSA) is 42.2 Å². The summed E-state index contributed by atoms with van der Waals surface area (Å²) in [6, 6.07) is 4.48. The fourth-order valence-electron chi connectivity index (χ4n) is 2.27. The molecule has 0 bridgehead atoms. The number of anilines is 1. The van der Waals surface area contributed by atoms with Crippen molar-refractivity contribution in [3.8, 4) is 0 Å². The largest absolute Gasteiger partial charge is 0.350 e. The lowest BCUT2D eigenvalue weighted by molar-refractivity contribution is 0.591. The molecule has 2 aromatic heterocycles. The van der Waals surface area contributed by atoms with Gasteiger partial charge in [-0.1, -0.05) is 38.7 Å². The average Bonchev–Trinajstić information content (AvgIpc) is 2.79. The molecule has 0 aliphatic rings. The zero-order valence-electron chi connectivity index (χ0n) is 12.2. The average molecular weight is 260 g/mol. The second kappa shape index (κ2) is 6.55. The molecule has 1 N–H and O–H groups in total. The maximum atomic E-state index is 4.54. The lowest BCUT2D eigenvalue weighted by Gasteiger charge is -2.11. The van der Waals surface area contributed by atoms with Crippen LogP contribution in [0.1, 0.15) is 51.5 Å². The van der Waals surface area contributed by atoms with E-state index >= 15 is 0 Å². The standard InChI is InChI=1S/C15H24N4/c1-4-5-6-7-10-13(3)16-15-17-14-12(2)9-8-11-19(14)18-15/h8-9,11,13H,4-7,10H2,1-3H3,(H,16,18). The normalized spacial score (nSPS) is 12.8. The van der Waals surface area contributed by atoms with Crippen molar-refractivity contribution < 1.29 is 0 Å². The van der Waals surface area contributed by atoms with Crippen LogP contribution in [-0.4, -0.2) is 20.6 Å². The van der Waals surface area contributed by atoms with Crippen LogP contribution in [-0.2, 0) is 0 Å². The number of nitrogens with zero attached hydrogens (tertiary/aromatic N) is 3. The van der Waals surface area contributed by atoms with Gasteiger partial charge in [-0.25, -0.2) is 4.52 Å². The number of unbranched alkanes of at least 4 members (excludes halogenated alkanes) is 3. The van der Waals surface area contributed by atoms with Crippen molar-refractivity contribution in [1.29, 1.82) is 0 Å². The molecule has 0 aliphatic carbocycles. The summed E-state index contributed by atoms with van der Waals surface area (Å²) in [5.41, 5.74) is 2.09. The van der Waals surface area contributed by atoms with E-state index in [2.05, 4.69) is 42.2 Å². The van der Waals surface area contributed by atoms with E-state index in [-0.39, 0.29) is 0 Å². The SMILES string of the molecule is CCCCCCC(C)Nc1nc2c(C)cccn2n1. The van der Waals surface area contributed by atoms with Crippen LogP contribution in [0.2, 0.25) is 0 Å². The zero-order chi connectivity index (χ0) is 13.7. The fraction of sp³-hybridized carbons (Fsp3) is 0.600. The van der Waals surface area contributed by atoms with Crippen LogP contribution in [0.15, 0.2) is 18.3 Å². The molecule has 0 amide bonds. The molecule has 2 rings (SSSR count). The van der Waals surface area contributed by atoms with Gasteiger partial charge in [0.25, 0.3) is 0 Å². The number of hydrogen-bond acceptors (Lipinski definition) is 3. The van der Waals surface area contributed by atoms with Crippen molar-refractivity contribution in [1.82, 2.24) is 14.6 Å². The van der Waals surface area contributed by atoms with E-state index in [9.17, 15) is 0 Å². The van der Waals surface area contributed by atoms with Gasteiger partial charge in [-0.05, 0) is 31.9 Å². The van der Waals surface area contributed by atoms with E-state index in [4.69, 9.17) is 0 Å². The quantitative estimate of drug-likeness (QED) is 0.770. The Morgan fingerprint density at radius 2 is 2.16 bits per heavy atom. The lowest BCUT2D eigenvalue weighted by Crippen LogP contribution is -2.15. The van der Waals surface area contributed by atoms with Crippen LogP contribution < -0.4 is 5.32 Å². The number of hydrogen-bond donors (Lipinski definition) is 1. The molecule has 0 spiro atoms. The van der Waals surface area contributed by atoms with Crippen LogP contribution in [0.25, 0.3) is 5.65 Å². The minimum atomic E-state index is 0.426. The molecule has 2 aromatic rings. The van der Waals surface area contributed by atoms with Gasteiger partial charge in [0.1, 0.15) is 0 Å². The van der Waals surface area contributed by atoms with Gasteiger partial charge in [0.2, 0.25) is 5.95 Å². The highest BCUT2D eigenvalue weighted by Crippen LogP contribution is 2.12. The minimum Gasteiger partial charge on any atom is -0.350 e. The summed E-state index contributed by atoms with van der Waals surface area (Å²) < 4.78 is 1.83. The Hall–Kier alpha value is -1.58. The first-order chi connectivity index (χ1) is 9.20. The highest BCUT2D eigenvalue weighted by atomic mass is 15.3. The van der Waals surface area contributed by atoms with E-state index in [1.165, 1.54) is 32.1 Å². The van der Waals surface area contributed by atoms with Crippen molar-refractivity contribution in [2.45, 2.75) is 58.9 Å². The molecule has 4 nitrogen and oxygen atoms in total. The third-order valence-corrected chi connectivity index (χ3v) is 3.42. The van der Waals surface area contributed by atoms with Crippen molar-refractivity contribution in [2.24, 2.45) is 0 Å². The second-order valence-electron chi connectivity index (χ2n) is 5.29. The number of pyridine rings is 1. The van der Waals surface area contributed by atoms with Gasteiger partial charge in [-0.2, -0.15) is 4.98 Å². The van der Waals surface area contributed by atoms with Gasteiger partial charge >= 0.3 is 0 Å². The Bertz CT molecular complexity index is 518. The summed E-state index contributed by atoms with van der Waals surface area (Å²) in [4.78, 5) is 4.54. The van der Waals surface area contributed by atoms with Gasteiger partial charge < -0.3 is 5.32 Å².